The van der Waals surface area contributed by atoms with Crippen LogP contribution in [0.4, 0.5) is 5.69 Å². The molecular weight excluding hydrogens is 274 g/mol. The third-order valence-electron chi connectivity index (χ3n) is 4.53. The van der Waals surface area contributed by atoms with Crippen LogP contribution >= 0.6 is 12.2 Å². The smallest absolute Gasteiger partial charge is 0.0739 e. The van der Waals surface area contributed by atoms with Crippen LogP contribution in [0.2, 0.25) is 0 Å². The molecule has 0 atom stereocenters. The molecule has 0 N–H and O–H groups in total. The molecular formula is C19H25NS. The van der Waals surface area contributed by atoms with Crippen LogP contribution in [0.15, 0.2) is 41.4 Å². The molecule has 0 spiro atoms. The first-order valence-electron chi connectivity index (χ1n) is 8.16. The van der Waals surface area contributed by atoms with E-state index in [0.717, 1.165) is 23.9 Å². The largest absolute Gasteiger partial charge is 0.195 e. The summed E-state index contributed by atoms with van der Waals surface area (Å²) in [4.78, 5) is 4.01. The Morgan fingerprint density at radius 3 is 2.48 bits per heavy atom. The molecule has 2 rings (SSSR count). The maximum absolute atomic E-state index is 4.63. The molecule has 112 valence electrons. The summed E-state index contributed by atoms with van der Waals surface area (Å²) >= 11 is 4.63. The second-order valence-electron chi connectivity index (χ2n) is 5.97. The molecule has 0 unspecified atom stereocenters. The number of thiocarbonyl (C=S) groups is 1. The number of allylic oxidation sites excluding steroid dienone is 2. The zero-order valence-electron chi connectivity index (χ0n) is 12.9. The zero-order chi connectivity index (χ0) is 14.9. The fourth-order valence-corrected chi connectivity index (χ4v) is 3.38. The Kier molecular flexibility index (Phi) is 6.85. The van der Waals surface area contributed by atoms with Crippen molar-refractivity contribution in [2.75, 3.05) is 0 Å². The van der Waals surface area contributed by atoms with Crippen LogP contribution in [0.25, 0.3) is 0 Å². The molecule has 1 saturated carbocycles. The van der Waals surface area contributed by atoms with E-state index in [-0.39, 0.29) is 0 Å². The Morgan fingerprint density at radius 1 is 1.14 bits per heavy atom. The lowest BCUT2D eigenvalue weighted by Gasteiger charge is -2.28. The van der Waals surface area contributed by atoms with Gasteiger partial charge in [-0.1, -0.05) is 31.2 Å². The molecule has 21 heavy (non-hydrogen) atoms. The summed E-state index contributed by atoms with van der Waals surface area (Å²) < 4.78 is 0. The Balaban J connectivity index is 1.80. The molecule has 1 aliphatic rings. The van der Waals surface area contributed by atoms with Crippen LogP contribution in [0, 0.1) is 5.92 Å². The fraction of sp³-hybridized carbons (Fsp3) is 0.526. The van der Waals surface area contributed by atoms with Gasteiger partial charge in [0.25, 0.3) is 0 Å². The molecule has 0 amide bonds. The Bertz CT molecular complexity index is 489. The second-order valence-corrected chi connectivity index (χ2v) is 6.15. The fourth-order valence-electron chi connectivity index (χ4n) is 3.27. The Hall–Kier alpha value is -1.24. The third-order valence-corrected chi connectivity index (χ3v) is 4.62. The van der Waals surface area contributed by atoms with Gasteiger partial charge in [-0.3, -0.25) is 0 Å². The van der Waals surface area contributed by atoms with Crippen LogP contribution in [0.5, 0.6) is 0 Å². The lowest BCUT2D eigenvalue weighted by Crippen LogP contribution is -2.13. The number of hydrogen-bond acceptors (Lipinski definition) is 2. The number of benzene rings is 1. The molecule has 0 heterocycles. The summed E-state index contributed by atoms with van der Waals surface area (Å²) in [6.07, 6.45) is 13.8. The van der Waals surface area contributed by atoms with Crippen molar-refractivity contribution in [2.24, 2.45) is 10.9 Å². The molecule has 1 aliphatic carbocycles. The van der Waals surface area contributed by atoms with Gasteiger partial charge in [0, 0.05) is 0 Å². The average molecular weight is 299 g/mol. The van der Waals surface area contributed by atoms with Gasteiger partial charge >= 0.3 is 0 Å². The predicted octanol–water partition coefficient (Wildman–Crippen LogP) is 6.44. The molecule has 0 bridgehead atoms. The summed E-state index contributed by atoms with van der Waals surface area (Å²) in [5, 5.41) is 2.42. The van der Waals surface area contributed by atoms with Gasteiger partial charge in [-0.2, -0.15) is 4.99 Å². The van der Waals surface area contributed by atoms with Gasteiger partial charge in [0.1, 0.15) is 0 Å². The van der Waals surface area contributed by atoms with Crippen molar-refractivity contribution in [3.05, 3.63) is 42.0 Å². The highest BCUT2D eigenvalue weighted by atomic mass is 32.1. The van der Waals surface area contributed by atoms with Crippen molar-refractivity contribution in [1.29, 1.82) is 0 Å². The number of hydrogen-bond donors (Lipinski definition) is 0. The minimum absolute atomic E-state index is 0.734. The Morgan fingerprint density at radius 2 is 1.86 bits per heavy atom. The van der Waals surface area contributed by atoms with E-state index in [0.29, 0.717) is 0 Å². The van der Waals surface area contributed by atoms with Gasteiger partial charge in [-0.25, -0.2) is 0 Å². The maximum Gasteiger partial charge on any atom is 0.0739 e. The summed E-state index contributed by atoms with van der Waals surface area (Å²) in [5.74, 6) is 1.67. The zero-order valence-corrected chi connectivity index (χ0v) is 13.7. The van der Waals surface area contributed by atoms with Gasteiger partial charge in [0.15, 0.2) is 0 Å². The first-order valence-corrected chi connectivity index (χ1v) is 8.57. The lowest BCUT2D eigenvalue weighted by molar-refractivity contribution is 0.312. The van der Waals surface area contributed by atoms with Crippen LogP contribution in [0.3, 0.4) is 0 Å². The van der Waals surface area contributed by atoms with Crippen LogP contribution in [-0.4, -0.2) is 5.16 Å². The number of isothiocyanates is 1. The molecule has 0 radical (unpaired) electrons. The first-order chi connectivity index (χ1) is 10.3. The van der Waals surface area contributed by atoms with Crippen molar-refractivity contribution in [1.82, 2.24) is 0 Å². The average Bonchev–Trinajstić information content (AvgIpc) is 2.53. The van der Waals surface area contributed by atoms with E-state index in [1.165, 1.54) is 44.1 Å². The van der Waals surface area contributed by atoms with E-state index in [4.69, 9.17) is 0 Å². The number of nitrogens with zero attached hydrogens (tertiary/aromatic N) is 1. The summed E-state index contributed by atoms with van der Waals surface area (Å²) in [6.45, 7) is 2.20. The van der Waals surface area contributed by atoms with E-state index in [2.05, 4.69) is 65.7 Å². The molecule has 1 aromatic rings. The van der Waals surface area contributed by atoms with Gasteiger partial charge < -0.3 is 0 Å². The standard InChI is InChI=1S/C19H25NS/c1-2-3-4-5-6-16-7-9-17(10-8-16)18-11-13-19(14-12-18)20-15-21/h3-4,11-14,16-17H,2,5-10H2,1H3/b4-3+. The molecule has 1 nitrogen and oxygen atoms in total. The maximum atomic E-state index is 4.63. The van der Waals surface area contributed by atoms with Crippen molar-refractivity contribution >= 4 is 23.1 Å². The highest BCUT2D eigenvalue weighted by molar-refractivity contribution is 7.78. The lowest BCUT2D eigenvalue weighted by atomic mass is 9.77. The van der Waals surface area contributed by atoms with Gasteiger partial charge in [0.05, 0.1) is 10.8 Å². The van der Waals surface area contributed by atoms with Crippen molar-refractivity contribution < 1.29 is 0 Å². The summed E-state index contributed by atoms with van der Waals surface area (Å²) in [6, 6.07) is 8.52. The molecule has 1 fully saturated rings. The monoisotopic (exact) mass is 299 g/mol. The number of aliphatic imine (C=N–C) groups is 1. The third kappa shape index (κ3) is 5.22. The van der Waals surface area contributed by atoms with E-state index in [1.54, 1.807) is 0 Å². The molecule has 0 aromatic heterocycles. The highest BCUT2D eigenvalue weighted by Gasteiger charge is 2.21. The van der Waals surface area contributed by atoms with Crippen LogP contribution < -0.4 is 0 Å². The molecule has 0 saturated heterocycles. The van der Waals surface area contributed by atoms with Gasteiger partial charge in [-0.15, -0.1) is 0 Å². The van der Waals surface area contributed by atoms with Crippen molar-refractivity contribution in [2.45, 2.75) is 57.8 Å². The van der Waals surface area contributed by atoms with E-state index in [9.17, 15) is 0 Å². The molecule has 0 aliphatic heterocycles. The van der Waals surface area contributed by atoms with Gasteiger partial charge in [-0.05, 0) is 86.7 Å². The van der Waals surface area contributed by atoms with Crippen molar-refractivity contribution in [3.63, 3.8) is 0 Å². The molecule has 1 aromatic carbocycles. The van der Waals surface area contributed by atoms with Crippen LogP contribution in [-0.2, 0) is 0 Å². The highest BCUT2D eigenvalue weighted by Crippen LogP contribution is 2.37. The summed E-state index contributed by atoms with van der Waals surface area (Å²) in [7, 11) is 0. The van der Waals surface area contributed by atoms with E-state index >= 15 is 0 Å². The minimum atomic E-state index is 0.734. The second kappa shape index (κ2) is 8.92. The predicted molar refractivity (Wildman–Crippen MR) is 94.5 cm³/mol. The van der Waals surface area contributed by atoms with Gasteiger partial charge in [0.2, 0.25) is 0 Å². The first kappa shape index (κ1) is 16.1. The number of rotatable bonds is 6. The van der Waals surface area contributed by atoms with E-state index < -0.39 is 0 Å². The van der Waals surface area contributed by atoms with Crippen molar-refractivity contribution in [3.8, 4) is 0 Å². The quantitative estimate of drug-likeness (QED) is 0.334. The topological polar surface area (TPSA) is 12.4 Å². The van der Waals surface area contributed by atoms with Crippen LogP contribution in [0.1, 0.15) is 63.4 Å². The normalized spacial score (nSPS) is 22.1. The SMILES string of the molecule is CC/C=C/CCC1CCC(c2ccc(N=C=S)cc2)CC1. The minimum Gasteiger partial charge on any atom is -0.195 e. The summed E-state index contributed by atoms with van der Waals surface area (Å²) in [5.41, 5.74) is 2.37. The molecule has 2 heteroatoms. The van der Waals surface area contributed by atoms with E-state index in [1.807, 2.05) is 0 Å². The Labute approximate surface area is 134 Å².